The third-order valence-electron chi connectivity index (χ3n) is 4.94. The Morgan fingerprint density at radius 3 is 2.88 bits per heavy atom. The fourth-order valence-electron chi connectivity index (χ4n) is 3.54. The van der Waals surface area contributed by atoms with Crippen molar-refractivity contribution in [3.05, 3.63) is 54.2 Å². The van der Waals surface area contributed by atoms with Crippen molar-refractivity contribution in [2.75, 3.05) is 26.2 Å². The minimum absolute atomic E-state index is 0.577. The van der Waals surface area contributed by atoms with Gasteiger partial charge in [0.1, 0.15) is 5.52 Å². The van der Waals surface area contributed by atoms with Crippen molar-refractivity contribution in [1.29, 1.82) is 0 Å². The van der Waals surface area contributed by atoms with Gasteiger partial charge in [-0.05, 0) is 62.2 Å². The Hall–Kier alpha value is -2.04. The Kier molecular flexibility index (Phi) is 4.64. The molecule has 0 saturated carbocycles. The topological polar surface area (TPSA) is 29.8 Å². The number of benzene rings is 1. The molecule has 3 aromatic rings. The maximum atomic E-state index is 6.15. The van der Waals surface area contributed by atoms with Gasteiger partial charge in [0.25, 0.3) is 0 Å². The summed E-state index contributed by atoms with van der Waals surface area (Å²) in [5, 5.41) is 0.687. The zero-order valence-corrected chi connectivity index (χ0v) is 15.0. The van der Waals surface area contributed by atoms with E-state index in [2.05, 4.69) is 15.9 Å². The van der Waals surface area contributed by atoms with E-state index in [-0.39, 0.29) is 0 Å². The molecule has 1 saturated heterocycles. The van der Waals surface area contributed by atoms with E-state index in [1.165, 1.54) is 0 Å². The molecule has 1 fully saturated rings. The number of ether oxygens (including phenoxy) is 1. The molecule has 5 heteroatoms. The van der Waals surface area contributed by atoms with E-state index < -0.39 is 0 Å². The van der Waals surface area contributed by atoms with Crippen LogP contribution in [0.25, 0.3) is 16.6 Å². The highest BCUT2D eigenvalue weighted by Crippen LogP contribution is 2.27. The Labute approximate surface area is 152 Å². The van der Waals surface area contributed by atoms with Crippen LogP contribution in [-0.4, -0.2) is 40.5 Å². The molecule has 0 spiro atoms. The second kappa shape index (κ2) is 7.06. The number of fused-ring (bicyclic) bond motifs is 3. The molecule has 0 N–H and O–H groups in total. The van der Waals surface area contributed by atoms with Gasteiger partial charge in [-0.1, -0.05) is 17.7 Å². The van der Waals surface area contributed by atoms with Gasteiger partial charge in [0.2, 0.25) is 5.88 Å². The van der Waals surface area contributed by atoms with Crippen LogP contribution in [0.3, 0.4) is 0 Å². The van der Waals surface area contributed by atoms with E-state index in [1.807, 2.05) is 42.6 Å². The van der Waals surface area contributed by atoms with Gasteiger partial charge in [-0.15, -0.1) is 6.58 Å². The fourth-order valence-corrected chi connectivity index (χ4v) is 3.71. The largest absolute Gasteiger partial charge is 0.476 e. The first kappa shape index (κ1) is 16.4. The van der Waals surface area contributed by atoms with Gasteiger partial charge in [0.15, 0.2) is 0 Å². The number of piperidine rings is 1. The molecule has 4 rings (SSSR count). The highest BCUT2D eigenvalue weighted by Gasteiger charge is 2.20. The van der Waals surface area contributed by atoms with Gasteiger partial charge >= 0.3 is 0 Å². The number of hydrogen-bond donors (Lipinski definition) is 0. The minimum atomic E-state index is 0.577. The van der Waals surface area contributed by atoms with Crippen LogP contribution < -0.4 is 4.74 Å². The molecule has 1 aromatic carbocycles. The lowest BCUT2D eigenvalue weighted by molar-refractivity contribution is 0.148. The predicted molar refractivity (Wildman–Crippen MR) is 103 cm³/mol. The van der Waals surface area contributed by atoms with E-state index in [0.29, 0.717) is 23.4 Å². The van der Waals surface area contributed by atoms with Gasteiger partial charge in [0, 0.05) is 17.8 Å². The summed E-state index contributed by atoms with van der Waals surface area (Å²) in [6.45, 7) is 7.73. The normalized spacial score (nSPS) is 16.5. The molecule has 0 aliphatic carbocycles. The van der Waals surface area contributed by atoms with Crippen LogP contribution in [-0.2, 0) is 0 Å². The zero-order chi connectivity index (χ0) is 17.2. The zero-order valence-electron chi connectivity index (χ0n) is 14.2. The van der Waals surface area contributed by atoms with Crippen molar-refractivity contribution >= 4 is 28.2 Å². The highest BCUT2D eigenvalue weighted by atomic mass is 35.5. The molecule has 1 aliphatic rings. The van der Waals surface area contributed by atoms with Crippen molar-refractivity contribution in [2.45, 2.75) is 12.8 Å². The number of aromatic nitrogens is 2. The second-order valence-electron chi connectivity index (χ2n) is 6.66. The average molecular weight is 356 g/mol. The van der Waals surface area contributed by atoms with E-state index in [4.69, 9.17) is 21.3 Å². The summed E-state index contributed by atoms with van der Waals surface area (Å²) in [6.07, 6.45) is 6.33. The number of rotatable bonds is 5. The molecule has 0 bridgehead atoms. The lowest BCUT2D eigenvalue weighted by atomic mass is 9.98. The summed E-state index contributed by atoms with van der Waals surface area (Å²) in [5.74, 6) is 1.27. The molecule has 0 radical (unpaired) electrons. The van der Waals surface area contributed by atoms with Crippen molar-refractivity contribution in [3.8, 4) is 5.88 Å². The molecule has 4 nitrogen and oxygen atoms in total. The first-order valence-corrected chi connectivity index (χ1v) is 9.15. The maximum Gasteiger partial charge on any atom is 0.238 e. The van der Waals surface area contributed by atoms with E-state index in [0.717, 1.165) is 49.0 Å². The summed E-state index contributed by atoms with van der Waals surface area (Å²) in [7, 11) is 0. The van der Waals surface area contributed by atoms with Crippen molar-refractivity contribution in [3.63, 3.8) is 0 Å². The van der Waals surface area contributed by atoms with Gasteiger partial charge in [0.05, 0.1) is 17.6 Å². The Morgan fingerprint density at radius 2 is 2.08 bits per heavy atom. The van der Waals surface area contributed by atoms with Crippen LogP contribution in [0.1, 0.15) is 12.8 Å². The fraction of sp³-hybridized carbons (Fsp3) is 0.350. The van der Waals surface area contributed by atoms with Crippen LogP contribution in [0.5, 0.6) is 5.88 Å². The van der Waals surface area contributed by atoms with Crippen molar-refractivity contribution in [1.82, 2.24) is 14.3 Å². The van der Waals surface area contributed by atoms with Gasteiger partial charge in [-0.3, -0.25) is 4.90 Å². The van der Waals surface area contributed by atoms with Crippen LogP contribution >= 0.6 is 11.6 Å². The third kappa shape index (κ3) is 3.37. The van der Waals surface area contributed by atoms with Crippen LogP contribution in [0.2, 0.25) is 5.02 Å². The Morgan fingerprint density at radius 1 is 1.24 bits per heavy atom. The Balaban J connectivity index is 1.53. The van der Waals surface area contributed by atoms with E-state index in [9.17, 15) is 0 Å². The highest BCUT2D eigenvalue weighted by molar-refractivity contribution is 6.31. The lowest BCUT2D eigenvalue weighted by Gasteiger charge is -2.30. The third-order valence-corrected chi connectivity index (χ3v) is 5.17. The molecule has 3 heterocycles. The lowest BCUT2D eigenvalue weighted by Crippen LogP contribution is -2.35. The van der Waals surface area contributed by atoms with Gasteiger partial charge < -0.3 is 9.14 Å². The summed E-state index contributed by atoms with van der Waals surface area (Å²) in [5.41, 5.74) is 2.89. The monoisotopic (exact) mass is 355 g/mol. The SMILES string of the molecule is C=CCN1CCC(COc2nc3cc(Cl)ccc3n3cccc23)CC1. The smallest absolute Gasteiger partial charge is 0.238 e. The van der Waals surface area contributed by atoms with Crippen molar-refractivity contribution in [2.24, 2.45) is 5.92 Å². The minimum Gasteiger partial charge on any atom is -0.476 e. The Bertz CT molecular complexity index is 896. The summed E-state index contributed by atoms with van der Waals surface area (Å²) in [4.78, 5) is 7.15. The maximum absolute atomic E-state index is 6.15. The van der Waals surface area contributed by atoms with Crippen LogP contribution in [0, 0.1) is 5.92 Å². The number of nitrogens with zero attached hydrogens (tertiary/aromatic N) is 3. The summed E-state index contributed by atoms with van der Waals surface area (Å²) < 4.78 is 8.26. The molecular formula is C20H22ClN3O. The molecule has 1 aliphatic heterocycles. The molecule has 0 amide bonds. The predicted octanol–water partition coefficient (Wildman–Crippen LogP) is 4.42. The molecule has 2 aromatic heterocycles. The summed E-state index contributed by atoms with van der Waals surface area (Å²) >= 11 is 6.13. The number of halogens is 1. The second-order valence-corrected chi connectivity index (χ2v) is 7.09. The first-order valence-electron chi connectivity index (χ1n) is 8.77. The van der Waals surface area contributed by atoms with E-state index >= 15 is 0 Å². The molecule has 25 heavy (non-hydrogen) atoms. The van der Waals surface area contributed by atoms with E-state index in [1.54, 1.807) is 0 Å². The number of hydrogen-bond acceptors (Lipinski definition) is 3. The molecule has 0 atom stereocenters. The standard InChI is InChI=1S/C20H22ClN3O/c1-2-9-23-11-7-15(8-12-23)14-25-20-19-4-3-10-24(19)18-6-5-16(21)13-17(18)22-20/h2-6,10,13,15H,1,7-9,11-12,14H2. The van der Waals surface area contributed by atoms with Gasteiger partial charge in [-0.25, -0.2) is 4.98 Å². The van der Waals surface area contributed by atoms with Gasteiger partial charge in [-0.2, -0.15) is 0 Å². The van der Waals surface area contributed by atoms with Crippen molar-refractivity contribution < 1.29 is 4.74 Å². The molecule has 130 valence electrons. The number of likely N-dealkylation sites (tertiary alicyclic amines) is 1. The van der Waals surface area contributed by atoms with Crippen LogP contribution in [0.15, 0.2) is 49.2 Å². The first-order chi connectivity index (χ1) is 12.2. The molecular weight excluding hydrogens is 334 g/mol. The quantitative estimate of drug-likeness (QED) is 0.635. The van der Waals surface area contributed by atoms with Crippen LogP contribution in [0.4, 0.5) is 0 Å². The summed E-state index contributed by atoms with van der Waals surface area (Å²) in [6, 6.07) is 9.84. The average Bonchev–Trinajstić information content (AvgIpc) is 3.11. The molecule has 0 unspecified atom stereocenters.